The minimum absolute atomic E-state index is 0. The van der Waals surface area contributed by atoms with Crippen LogP contribution in [-0.4, -0.2) is 9.52 Å². The first kappa shape index (κ1) is 41.3. The molecule has 0 nitrogen and oxygen atoms in total. The van der Waals surface area contributed by atoms with Gasteiger partial charge in [-0.05, 0) is 59.8 Å². The molecule has 0 atom stereocenters. The molecule has 0 saturated heterocycles. The minimum Gasteiger partial charge on any atom is -0.184 e. The summed E-state index contributed by atoms with van der Waals surface area (Å²) in [6, 6.07) is 58.6. The fraction of sp³-hybridized carbons (Fsp3) is 0.222. The van der Waals surface area contributed by atoms with Crippen molar-refractivity contribution >= 4 is 41.4 Å². The van der Waals surface area contributed by atoms with Gasteiger partial charge in [0, 0.05) is 0 Å². The van der Waals surface area contributed by atoms with E-state index in [9.17, 15) is 0 Å². The van der Waals surface area contributed by atoms with Gasteiger partial charge in [-0.2, -0.15) is 41.6 Å². The summed E-state index contributed by atoms with van der Waals surface area (Å²) in [7, 11) is 0.795. The number of rotatable bonds is 8. The van der Waals surface area contributed by atoms with E-state index in [0.717, 1.165) is 35.2 Å². The predicted molar refractivity (Wildman–Crippen MR) is 242 cm³/mol. The molecule has 1 aliphatic heterocycles. The van der Waals surface area contributed by atoms with E-state index in [-0.39, 0.29) is 26.2 Å². The van der Waals surface area contributed by atoms with Gasteiger partial charge in [-0.25, -0.2) is 0 Å². The fourth-order valence-corrected chi connectivity index (χ4v) is 9.46. The molecule has 1 heterocycles. The molecule has 8 aromatic carbocycles. The molecule has 0 fully saturated rings. The Morgan fingerprint density at radius 1 is 0.500 bits per heavy atom. The van der Waals surface area contributed by atoms with Gasteiger partial charge < -0.3 is 0 Å². The molecule has 0 unspecified atom stereocenters. The van der Waals surface area contributed by atoms with E-state index in [0.29, 0.717) is 11.8 Å². The molecule has 0 aliphatic carbocycles. The second-order valence-corrected chi connectivity index (χ2v) is 17.0. The van der Waals surface area contributed by atoms with Crippen LogP contribution in [0.5, 0.6) is 0 Å². The van der Waals surface area contributed by atoms with Crippen LogP contribution in [0.4, 0.5) is 0 Å². The van der Waals surface area contributed by atoms with E-state index in [2.05, 4.69) is 193 Å². The third-order valence-electron chi connectivity index (χ3n) is 10.6. The average molecular weight is 821 g/mol. The second kappa shape index (κ2) is 19.2. The van der Waals surface area contributed by atoms with Crippen LogP contribution in [0, 0.1) is 17.9 Å². The van der Waals surface area contributed by atoms with Crippen molar-refractivity contribution in [2.24, 2.45) is 11.8 Å². The van der Waals surface area contributed by atoms with Gasteiger partial charge in [-0.3, -0.25) is 0 Å². The monoisotopic (exact) mass is 819 g/mol. The van der Waals surface area contributed by atoms with E-state index in [4.69, 9.17) is 0 Å². The van der Waals surface area contributed by atoms with E-state index < -0.39 is 0 Å². The van der Waals surface area contributed by atoms with Crippen LogP contribution in [-0.2, 0) is 51.9 Å². The van der Waals surface area contributed by atoms with Gasteiger partial charge in [0.15, 0.2) is 0 Å². The van der Waals surface area contributed by atoms with Gasteiger partial charge in [0.25, 0.3) is 0 Å². The number of hydrogen-bond donors (Lipinski definition) is 0. The summed E-state index contributed by atoms with van der Waals surface area (Å²) in [5.74, 6) is 1.40. The normalized spacial score (nSPS) is 11.4. The summed E-state index contributed by atoms with van der Waals surface area (Å²) in [6.07, 6.45) is 4.46. The van der Waals surface area contributed by atoms with Crippen LogP contribution in [0.1, 0.15) is 63.8 Å². The number of benzene rings is 6. The van der Waals surface area contributed by atoms with Crippen LogP contribution < -0.4 is 10.4 Å². The summed E-state index contributed by atoms with van der Waals surface area (Å²) < 4.78 is 0. The number of fused-ring (bicyclic) bond motifs is 5. The number of hydrogen-bond acceptors (Lipinski definition) is 0. The summed E-state index contributed by atoms with van der Waals surface area (Å²) >= 11 is 0. The maximum atomic E-state index is 3.31. The zero-order valence-corrected chi connectivity index (χ0v) is 37.4. The summed E-state index contributed by atoms with van der Waals surface area (Å²) in [4.78, 5) is 0. The SMILES string of the molecule is CCc1ccccc1-c1cccc2[cH-]c(CC(C)C)cc12.CCc1ccccc1-c1cccc2[cH-]c(CC(C)C)cc12.[Zr+3].[c-]1cccc2c1[Si]c1ccccc1-2. The van der Waals surface area contributed by atoms with Gasteiger partial charge in [-0.1, -0.05) is 148 Å². The Balaban J connectivity index is 0.000000145. The Morgan fingerprint density at radius 2 is 0.946 bits per heavy atom. The molecule has 2 heteroatoms. The molecule has 0 amide bonds. The molecule has 0 N–H and O–H groups in total. The quantitative estimate of drug-likeness (QED) is 0.106. The van der Waals surface area contributed by atoms with E-state index in [1.807, 2.05) is 6.07 Å². The van der Waals surface area contributed by atoms with Crippen molar-refractivity contribution in [3.63, 3.8) is 0 Å². The van der Waals surface area contributed by atoms with Crippen LogP contribution in [0.2, 0.25) is 0 Å². The molecule has 0 spiro atoms. The molecule has 0 aromatic heterocycles. The van der Waals surface area contributed by atoms with Gasteiger partial charge in [-0.15, -0.1) is 74.6 Å². The first-order valence-corrected chi connectivity index (χ1v) is 21.2. The van der Waals surface area contributed by atoms with E-state index in [1.165, 1.54) is 87.6 Å². The molecule has 277 valence electrons. The van der Waals surface area contributed by atoms with Gasteiger partial charge in [0.2, 0.25) is 0 Å². The molecule has 3 radical (unpaired) electrons. The van der Waals surface area contributed by atoms with Crippen molar-refractivity contribution in [2.45, 2.75) is 67.2 Å². The summed E-state index contributed by atoms with van der Waals surface area (Å²) in [5.41, 5.74) is 14.1. The van der Waals surface area contributed by atoms with E-state index in [1.54, 1.807) is 0 Å². The van der Waals surface area contributed by atoms with Gasteiger partial charge >= 0.3 is 26.2 Å². The molecular weight excluding hydrogens is 768 g/mol. The minimum atomic E-state index is 0. The maximum Gasteiger partial charge on any atom is 3.00 e. The summed E-state index contributed by atoms with van der Waals surface area (Å²) in [6.45, 7) is 13.6. The molecule has 9 rings (SSSR count). The van der Waals surface area contributed by atoms with Crippen LogP contribution in [0.25, 0.3) is 54.9 Å². The van der Waals surface area contributed by atoms with Gasteiger partial charge in [0.1, 0.15) is 0 Å². The Bertz CT molecular complexity index is 2330. The zero-order valence-electron chi connectivity index (χ0n) is 33.9. The van der Waals surface area contributed by atoms with E-state index >= 15 is 0 Å². The maximum absolute atomic E-state index is 3.31. The van der Waals surface area contributed by atoms with Crippen LogP contribution in [0.3, 0.4) is 0 Å². The van der Waals surface area contributed by atoms with Crippen LogP contribution >= 0.6 is 0 Å². The molecule has 1 aliphatic rings. The number of aryl methyl sites for hydroxylation is 2. The molecule has 0 bridgehead atoms. The Kier molecular flexibility index (Phi) is 14.1. The van der Waals surface area contributed by atoms with Crippen molar-refractivity contribution < 1.29 is 26.2 Å². The van der Waals surface area contributed by atoms with Crippen LogP contribution in [0.15, 0.2) is 152 Å². The standard InChI is InChI=1S/2C21H23.C12H7Si.Zr/c2*1-4-17-8-5-6-10-19(17)20-11-7-9-18-13-16(12-15(2)3)14-21(18)20;1-3-7-11-9(5-1)10-6-2-4-8-12(10)13-11;/h2*5-11,13-15H,4,12H2,1-3H3;1-7H;/q3*-1;+3. The third-order valence-corrected chi connectivity index (χ3v) is 12.0. The van der Waals surface area contributed by atoms with Crippen molar-refractivity contribution in [3.8, 4) is 33.4 Å². The molecular formula is C54H53SiZr. The zero-order chi connectivity index (χ0) is 38.3. The van der Waals surface area contributed by atoms with Crippen molar-refractivity contribution in [1.82, 2.24) is 0 Å². The molecule has 0 saturated carbocycles. The summed E-state index contributed by atoms with van der Waals surface area (Å²) in [5, 5.41) is 8.36. The van der Waals surface area contributed by atoms with Crippen molar-refractivity contribution in [3.05, 3.63) is 180 Å². The fourth-order valence-electron chi connectivity index (χ4n) is 8.15. The Labute approximate surface area is 357 Å². The topological polar surface area (TPSA) is 0 Å². The molecule has 8 aromatic rings. The second-order valence-electron chi connectivity index (χ2n) is 15.7. The Hall–Kier alpha value is -4.36. The first-order valence-electron chi connectivity index (χ1n) is 20.2. The van der Waals surface area contributed by atoms with Crippen molar-refractivity contribution in [1.29, 1.82) is 0 Å². The largest absolute Gasteiger partial charge is 3.00 e. The van der Waals surface area contributed by atoms with Crippen molar-refractivity contribution in [2.75, 3.05) is 0 Å². The Morgan fingerprint density at radius 3 is 1.45 bits per heavy atom. The van der Waals surface area contributed by atoms with Gasteiger partial charge in [0.05, 0.1) is 9.52 Å². The first-order chi connectivity index (χ1) is 26.8. The third kappa shape index (κ3) is 9.42. The predicted octanol–water partition coefficient (Wildman–Crippen LogP) is 13.1. The average Bonchev–Trinajstić information content (AvgIpc) is 3.92. The smallest absolute Gasteiger partial charge is 0.184 e. The molecule has 56 heavy (non-hydrogen) atoms.